The molecule has 174 valence electrons. The van der Waals surface area contributed by atoms with Gasteiger partial charge in [0.2, 0.25) is 0 Å². The topological polar surface area (TPSA) is 58.6 Å². The van der Waals surface area contributed by atoms with Crippen molar-refractivity contribution in [3.05, 3.63) is 21.9 Å². The Hall–Kier alpha value is -1.56. The highest BCUT2D eigenvalue weighted by Crippen LogP contribution is 2.32. The number of carbonyl (C=O) groups excluding carboxylic acids is 2. The van der Waals surface area contributed by atoms with E-state index >= 15 is 0 Å². The molecule has 31 heavy (non-hydrogen) atoms. The van der Waals surface area contributed by atoms with E-state index in [2.05, 4.69) is 18.3 Å². The van der Waals surface area contributed by atoms with Crippen LogP contribution in [0.2, 0.25) is 0 Å². The van der Waals surface area contributed by atoms with E-state index in [-0.39, 0.29) is 18.0 Å². The second kappa shape index (κ2) is 10.8. The maximum atomic E-state index is 13.0. The Morgan fingerprint density at radius 2 is 1.81 bits per heavy atom. The monoisotopic (exact) mass is 448 g/mol. The zero-order valence-corrected chi connectivity index (χ0v) is 20.6. The number of piperidine rings is 1. The molecule has 1 N–H and O–H groups in total. The van der Waals surface area contributed by atoms with Gasteiger partial charge in [-0.2, -0.15) is 0 Å². The highest BCUT2D eigenvalue weighted by Gasteiger charge is 2.32. The van der Waals surface area contributed by atoms with E-state index < -0.39 is 5.60 Å². The molecule has 1 aliphatic heterocycles. The minimum absolute atomic E-state index is 0.0893. The van der Waals surface area contributed by atoms with Gasteiger partial charge in [-0.25, -0.2) is 4.79 Å². The van der Waals surface area contributed by atoms with Crippen LogP contribution in [0, 0.1) is 11.8 Å². The molecule has 2 amide bonds. The first kappa shape index (κ1) is 24.1. The number of carbonyl (C=O) groups is 2. The number of hydrogen-bond acceptors (Lipinski definition) is 4. The zero-order valence-electron chi connectivity index (χ0n) is 19.7. The molecule has 1 unspecified atom stereocenters. The smallest absolute Gasteiger partial charge is 0.410 e. The average Bonchev–Trinajstić information content (AvgIpc) is 3.23. The van der Waals surface area contributed by atoms with Crippen molar-refractivity contribution in [2.75, 3.05) is 13.1 Å². The third-order valence-electron chi connectivity index (χ3n) is 6.62. The summed E-state index contributed by atoms with van der Waals surface area (Å²) in [5.74, 6) is 1.21. The fourth-order valence-electron chi connectivity index (χ4n) is 4.87. The van der Waals surface area contributed by atoms with Crippen LogP contribution in [0.4, 0.5) is 4.79 Å². The average molecular weight is 449 g/mol. The van der Waals surface area contributed by atoms with Crippen LogP contribution >= 0.6 is 11.3 Å². The number of nitrogens with zero attached hydrogens (tertiary/aromatic N) is 1. The summed E-state index contributed by atoms with van der Waals surface area (Å²) in [6, 6.07) is 4.27. The van der Waals surface area contributed by atoms with Gasteiger partial charge in [-0.05, 0) is 83.3 Å². The number of nitrogens with one attached hydrogen (secondary N) is 1. The molecule has 5 nitrogen and oxygen atoms in total. The van der Waals surface area contributed by atoms with Crippen LogP contribution in [-0.4, -0.2) is 41.6 Å². The largest absolute Gasteiger partial charge is 0.444 e. The lowest BCUT2D eigenvalue weighted by Gasteiger charge is -2.37. The second-order valence-electron chi connectivity index (χ2n) is 10.2. The molecule has 2 fully saturated rings. The number of ether oxygens (including phenoxy) is 1. The zero-order chi connectivity index (χ0) is 22.4. The normalized spacial score (nSPS) is 19.8. The van der Waals surface area contributed by atoms with Gasteiger partial charge < -0.3 is 15.0 Å². The first-order valence-electron chi connectivity index (χ1n) is 12.1. The molecule has 1 saturated heterocycles. The Kier molecular flexibility index (Phi) is 8.43. The summed E-state index contributed by atoms with van der Waals surface area (Å²) < 4.78 is 5.53. The van der Waals surface area contributed by atoms with Crippen LogP contribution in [-0.2, 0) is 11.2 Å². The Bertz CT molecular complexity index is 725. The van der Waals surface area contributed by atoms with Crippen LogP contribution in [0.15, 0.2) is 12.1 Å². The van der Waals surface area contributed by atoms with Crippen LogP contribution in [0.3, 0.4) is 0 Å². The minimum Gasteiger partial charge on any atom is -0.444 e. The highest BCUT2D eigenvalue weighted by atomic mass is 32.1. The quantitative estimate of drug-likeness (QED) is 0.578. The maximum Gasteiger partial charge on any atom is 0.410 e. The molecule has 1 aromatic rings. The summed E-state index contributed by atoms with van der Waals surface area (Å²) >= 11 is 1.61. The molecule has 0 aromatic carbocycles. The molecule has 0 spiro atoms. The predicted octanol–water partition coefficient (Wildman–Crippen LogP) is 6.03. The van der Waals surface area contributed by atoms with Crippen LogP contribution in [0.5, 0.6) is 0 Å². The summed E-state index contributed by atoms with van der Waals surface area (Å²) in [7, 11) is 0. The van der Waals surface area contributed by atoms with Crippen molar-refractivity contribution in [3.63, 3.8) is 0 Å². The first-order chi connectivity index (χ1) is 14.7. The first-order valence-corrected chi connectivity index (χ1v) is 12.9. The third-order valence-corrected chi connectivity index (χ3v) is 7.85. The van der Waals surface area contributed by atoms with E-state index in [1.165, 1.54) is 37.0 Å². The predicted molar refractivity (Wildman–Crippen MR) is 127 cm³/mol. The molecule has 0 bridgehead atoms. The Morgan fingerprint density at radius 1 is 1.13 bits per heavy atom. The van der Waals surface area contributed by atoms with E-state index in [0.717, 1.165) is 43.6 Å². The molecule has 1 aromatic heterocycles. The number of thiophene rings is 1. The third kappa shape index (κ3) is 7.23. The van der Waals surface area contributed by atoms with Crippen LogP contribution < -0.4 is 5.32 Å². The Balaban J connectivity index is 1.57. The molecule has 2 aliphatic rings. The molecule has 2 heterocycles. The number of aryl methyl sites for hydroxylation is 1. The standard InChI is InChI=1S/C25H40N2O3S/c1-5-20-11-12-22(31-20)23(28)26-21(19-9-7-6-8-10-19)17-18-13-15-27(16-14-18)24(29)30-25(2,3)4/h11-12,18-19,21H,5-10,13-17H2,1-4H3,(H,26,28). The van der Waals surface area contributed by atoms with Crippen molar-refractivity contribution in [2.24, 2.45) is 11.8 Å². The van der Waals surface area contributed by atoms with E-state index in [1.54, 1.807) is 11.3 Å². The molecular formula is C25H40N2O3S. The van der Waals surface area contributed by atoms with Gasteiger partial charge in [-0.15, -0.1) is 11.3 Å². The van der Waals surface area contributed by atoms with Gasteiger partial charge >= 0.3 is 6.09 Å². The highest BCUT2D eigenvalue weighted by molar-refractivity contribution is 7.14. The van der Waals surface area contributed by atoms with Gasteiger partial charge in [0.05, 0.1) is 4.88 Å². The molecule has 3 rings (SSSR count). The number of amides is 2. The molecule has 6 heteroatoms. The number of hydrogen-bond donors (Lipinski definition) is 1. The lowest BCUT2D eigenvalue weighted by Crippen LogP contribution is -2.45. The Morgan fingerprint density at radius 3 is 2.39 bits per heavy atom. The Labute approximate surface area is 191 Å². The molecule has 1 saturated carbocycles. The van der Waals surface area contributed by atoms with Crippen LogP contribution in [0.25, 0.3) is 0 Å². The van der Waals surface area contributed by atoms with Crippen molar-refractivity contribution in [2.45, 2.75) is 97.1 Å². The number of likely N-dealkylation sites (tertiary alicyclic amines) is 1. The fourth-order valence-corrected chi connectivity index (χ4v) is 5.72. The van der Waals surface area contributed by atoms with Gasteiger partial charge in [0.15, 0.2) is 0 Å². The van der Waals surface area contributed by atoms with Gasteiger partial charge in [-0.3, -0.25) is 4.79 Å². The minimum atomic E-state index is -0.455. The van der Waals surface area contributed by atoms with E-state index in [4.69, 9.17) is 4.74 Å². The van der Waals surface area contributed by atoms with Crippen molar-refractivity contribution in [3.8, 4) is 0 Å². The molecule has 1 aliphatic carbocycles. The molecule has 0 radical (unpaired) electrons. The van der Waals surface area contributed by atoms with Crippen LogP contribution in [0.1, 0.15) is 93.6 Å². The van der Waals surface area contributed by atoms with Crippen molar-refractivity contribution in [1.82, 2.24) is 10.2 Å². The van der Waals surface area contributed by atoms with E-state index in [0.29, 0.717) is 11.8 Å². The molecule has 1 atom stereocenters. The van der Waals surface area contributed by atoms with Gasteiger partial charge in [0, 0.05) is 24.0 Å². The summed E-state index contributed by atoms with van der Waals surface area (Å²) in [6.45, 7) is 9.35. The fraction of sp³-hybridized carbons (Fsp3) is 0.760. The lowest BCUT2D eigenvalue weighted by atomic mass is 9.78. The lowest BCUT2D eigenvalue weighted by molar-refractivity contribution is 0.0174. The summed E-state index contributed by atoms with van der Waals surface area (Å²) in [5.41, 5.74) is -0.455. The van der Waals surface area contributed by atoms with Gasteiger partial charge in [0.1, 0.15) is 5.60 Å². The van der Waals surface area contributed by atoms with Crippen molar-refractivity contribution >= 4 is 23.3 Å². The van der Waals surface area contributed by atoms with E-state index in [1.807, 2.05) is 31.7 Å². The summed E-state index contributed by atoms with van der Waals surface area (Å²) in [4.78, 5) is 29.3. The summed E-state index contributed by atoms with van der Waals surface area (Å²) in [6.07, 6.45) is 10.0. The SMILES string of the molecule is CCc1ccc(C(=O)NC(CC2CCN(C(=O)OC(C)(C)C)CC2)C2CCCCC2)s1. The van der Waals surface area contributed by atoms with E-state index in [9.17, 15) is 9.59 Å². The second-order valence-corrected chi connectivity index (χ2v) is 11.4. The van der Waals surface area contributed by atoms with Gasteiger partial charge in [0.25, 0.3) is 5.91 Å². The van der Waals surface area contributed by atoms with Crippen molar-refractivity contribution < 1.29 is 14.3 Å². The van der Waals surface area contributed by atoms with Crippen molar-refractivity contribution in [1.29, 1.82) is 0 Å². The number of rotatable bonds is 6. The maximum absolute atomic E-state index is 13.0. The molecular weight excluding hydrogens is 408 g/mol. The summed E-state index contributed by atoms with van der Waals surface area (Å²) in [5, 5.41) is 3.42. The van der Waals surface area contributed by atoms with Gasteiger partial charge in [-0.1, -0.05) is 26.2 Å².